The van der Waals surface area contributed by atoms with Gasteiger partial charge in [0.2, 0.25) is 0 Å². The summed E-state index contributed by atoms with van der Waals surface area (Å²) in [6.07, 6.45) is 0. The Bertz CT molecular complexity index is 319. The second-order valence-electron chi connectivity index (χ2n) is 3.20. The van der Waals surface area contributed by atoms with Crippen LogP contribution in [0.15, 0.2) is 12.1 Å². The van der Waals surface area contributed by atoms with Gasteiger partial charge in [0.15, 0.2) is 0 Å². The van der Waals surface area contributed by atoms with E-state index in [9.17, 15) is 8.78 Å². The molecule has 90 valence electrons. The van der Waals surface area contributed by atoms with Gasteiger partial charge in [0.25, 0.3) is 0 Å². The van der Waals surface area contributed by atoms with Crippen LogP contribution in [0.4, 0.5) is 8.78 Å². The molecule has 0 saturated heterocycles. The first kappa shape index (κ1) is 12.9. The second-order valence-corrected chi connectivity index (χ2v) is 3.20. The lowest BCUT2D eigenvalue weighted by Gasteiger charge is -2.08. The highest BCUT2D eigenvalue weighted by atomic mass is 19.1. The first-order valence-electron chi connectivity index (χ1n) is 4.92. The van der Waals surface area contributed by atoms with Crippen LogP contribution >= 0.6 is 0 Å². The highest BCUT2D eigenvalue weighted by molar-refractivity contribution is 5.29. The third-order valence-corrected chi connectivity index (χ3v) is 1.99. The molecule has 0 aliphatic heterocycles. The van der Waals surface area contributed by atoms with Gasteiger partial charge >= 0.3 is 0 Å². The molecular weight excluding hydrogens is 218 g/mol. The zero-order chi connectivity index (χ0) is 12.0. The Morgan fingerprint density at radius 1 is 1.12 bits per heavy atom. The molecule has 0 saturated carbocycles. The van der Waals surface area contributed by atoms with Gasteiger partial charge < -0.3 is 14.6 Å². The standard InChI is InChI=1S/C11H14F2O3/c1-8-10(12)6-9(7-11(8)13)16-5-4-15-3-2-14/h6-7,14H,2-5H2,1H3. The largest absolute Gasteiger partial charge is 0.491 e. The summed E-state index contributed by atoms with van der Waals surface area (Å²) in [7, 11) is 0. The van der Waals surface area contributed by atoms with Crippen LogP contribution in [0.3, 0.4) is 0 Å². The second kappa shape index (κ2) is 6.40. The normalized spacial score (nSPS) is 10.5. The minimum absolute atomic E-state index is 0.0242. The summed E-state index contributed by atoms with van der Waals surface area (Å²) in [5.41, 5.74) is -0.0242. The van der Waals surface area contributed by atoms with E-state index in [0.29, 0.717) is 0 Å². The Morgan fingerprint density at radius 3 is 2.31 bits per heavy atom. The Hall–Kier alpha value is -1.20. The highest BCUT2D eigenvalue weighted by Crippen LogP contribution is 2.19. The molecule has 16 heavy (non-hydrogen) atoms. The van der Waals surface area contributed by atoms with E-state index in [1.807, 2.05) is 0 Å². The molecule has 0 amide bonds. The molecule has 0 bridgehead atoms. The molecule has 1 N–H and O–H groups in total. The van der Waals surface area contributed by atoms with Crippen LogP contribution < -0.4 is 4.74 Å². The Balaban J connectivity index is 2.43. The summed E-state index contributed by atoms with van der Waals surface area (Å²) in [5.74, 6) is -1.13. The minimum atomic E-state index is -0.633. The van der Waals surface area contributed by atoms with Crippen LogP contribution in [0.5, 0.6) is 5.75 Å². The maximum Gasteiger partial charge on any atom is 0.132 e. The van der Waals surface area contributed by atoms with Gasteiger partial charge in [0, 0.05) is 17.7 Å². The van der Waals surface area contributed by atoms with E-state index >= 15 is 0 Å². The highest BCUT2D eigenvalue weighted by Gasteiger charge is 2.07. The van der Waals surface area contributed by atoms with Crippen molar-refractivity contribution in [2.45, 2.75) is 6.92 Å². The van der Waals surface area contributed by atoms with Crippen molar-refractivity contribution in [3.8, 4) is 5.75 Å². The Kier molecular flexibility index (Phi) is 5.14. The topological polar surface area (TPSA) is 38.7 Å². The SMILES string of the molecule is Cc1c(F)cc(OCCOCCO)cc1F. The molecule has 3 nitrogen and oxygen atoms in total. The van der Waals surface area contributed by atoms with Gasteiger partial charge in [-0.3, -0.25) is 0 Å². The maximum atomic E-state index is 13.1. The number of halogens is 2. The van der Waals surface area contributed by atoms with Crippen molar-refractivity contribution in [1.29, 1.82) is 0 Å². The average Bonchev–Trinajstić information content (AvgIpc) is 2.25. The van der Waals surface area contributed by atoms with E-state index in [1.54, 1.807) is 0 Å². The van der Waals surface area contributed by atoms with Crippen LogP contribution in [0.25, 0.3) is 0 Å². The number of hydrogen-bond donors (Lipinski definition) is 1. The molecule has 0 radical (unpaired) electrons. The summed E-state index contributed by atoms with van der Waals surface area (Å²) >= 11 is 0. The summed E-state index contributed by atoms with van der Waals surface area (Å²) < 4.78 is 36.2. The molecule has 1 aromatic carbocycles. The fraction of sp³-hybridized carbons (Fsp3) is 0.455. The number of benzene rings is 1. The summed E-state index contributed by atoms with van der Waals surface area (Å²) in [6, 6.07) is 2.26. The predicted octanol–water partition coefficient (Wildman–Crippen LogP) is 1.66. The van der Waals surface area contributed by atoms with Gasteiger partial charge in [-0.15, -0.1) is 0 Å². The number of rotatable bonds is 6. The van der Waals surface area contributed by atoms with Gasteiger partial charge in [0.05, 0.1) is 19.8 Å². The van der Waals surface area contributed by atoms with E-state index in [0.717, 1.165) is 12.1 Å². The van der Waals surface area contributed by atoms with E-state index in [2.05, 4.69) is 0 Å². The van der Waals surface area contributed by atoms with Gasteiger partial charge in [-0.25, -0.2) is 8.78 Å². The lowest BCUT2D eigenvalue weighted by atomic mass is 10.2. The van der Waals surface area contributed by atoms with Crippen LogP contribution in [0.1, 0.15) is 5.56 Å². The molecular formula is C11H14F2O3. The third-order valence-electron chi connectivity index (χ3n) is 1.99. The molecule has 0 aromatic heterocycles. The van der Waals surface area contributed by atoms with Crippen molar-refractivity contribution >= 4 is 0 Å². The molecule has 0 atom stereocenters. The lowest BCUT2D eigenvalue weighted by molar-refractivity contribution is 0.0704. The van der Waals surface area contributed by atoms with E-state index in [-0.39, 0.29) is 37.7 Å². The van der Waals surface area contributed by atoms with E-state index in [4.69, 9.17) is 14.6 Å². The molecule has 0 unspecified atom stereocenters. The predicted molar refractivity (Wildman–Crippen MR) is 54.5 cm³/mol. The van der Waals surface area contributed by atoms with Crippen LogP contribution in [-0.4, -0.2) is 31.5 Å². The van der Waals surface area contributed by atoms with Gasteiger partial charge in [-0.1, -0.05) is 0 Å². The van der Waals surface area contributed by atoms with Gasteiger partial charge in [-0.05, 0) is 6.92 Å². The van der Waals surface area contributed by atoms with Gasteiger partial charge in [0.1, 0.15) is 24.0 Å². The molecule has 1 rings (SSSR count). The summed E-state index contributed by atoms with van der Waals surface area (Å²) in [6.45, 7) is 1.96. The van der Waals surface area contributed by atoms with Crippen molar-refractivity contribution in [2.24, 2.45) is 0 Å². The monoisotopic (exact) mass is 232 g/mol. The fourth-order valence-electron chi connectivity index (χ4n) is 1.09. The van der Waals surface area contributed by atoms with Crippen molar-refractivity contribution in [1.82, 2.24) is 0 Å². The smallest absolute Gasteiger partial charge is 0.132 e. The number of aliphatic hydroxyl groups excluding tert-OH is 1. The maximum absolute atomic E-state index is 13.1. The first-order chi connectivity index (χ1) is 7.65. The zero-order valence-electron chi connectivity index (χ0n) is 9.00. The molecule has 0 fully saturated rings. The minimum Gasteiger partial charge on any atom is -0.491 e. The zero-order valence-corrected chi connectivity index (χ0v) is 9.00. The van der Waals surface area contributed by atoms with Crippen molar-refractivity contribution in [2.75, 3.05) is 26.4 Å². The molecule has 0 aliphatic carbocycles. The summed E-state index contributed by atoms with van der Waals surface area (Å²) in [4.78, 5) is 0. The Morgan fingerprint density at radius 2 is 1.75 bits per heavy atom. The van der Waals surface area contributed by atoms with E-state index in [1.165, 1.54) is 6.92 Å². The molecule has 5 heteroatoms. The lowest BCUT2D eigenvalue weighted by Crippen LogP contribution is -2.09. The summed E-state index contributed by atoms with van der Waals surface area (Å²) in [5, 5.41) is 8.42. The average molecular weight is 232 g/mol. The number of ether oxygens (including phenoxy) is 2. The number of aliphatic hydroxyl groups is 1. The van der Waals surface area contributed by atoms with Crippen LogP contribution in [-0.2, 0) is 4.74 Å². The number of hydrogen-bond acceptors (Lipinski definition) is 3. The fourth-order valence-corrected chi connectivity index (χ4v) is 1.09. The molecule has 0 aliphatic rings. The van der Waals surface area contributed by atoms with Crippen molar-refractivity contribution in [3.05, 3.63) is 29.3 Å². The quantitative estimate of drug-likeness (QED) is 0.758. The van der Waals surface area contributed by atoms with Crippen LogP contribution in [0.2, 0.25) is 0 Å². The third kappa shape index (κ3) is 3.75. The van der Waals surface area contributed by atoms with Crippen molar-refractivity contribution in [3.63, 3.8) is 0 Å². The molecule has 0 spiro atoms. The van der Waals surface area contributed by atoms with Gasteiger partial charge in [-0.2, -0.15) is 0 Å². The first-order valence-corrected chi connectivity index (χ1v) is 4.92. The van der Waals surface area contributed by atoms with Crippen molar-refractivity contribution < 1.29 is 23.4 Å². The molecule has 1 aromatic rings. The Labute approximate surface area is 92.6 Å². The van der Waals surface area contributed by atoms with E-state index < -0.39 is 11.6 Å². The molecule has 0 heterocycles. The van der Waals surface area contributed by atoms with Crippen LogP contribution in [0, 0.1) is 18.6 Å².